The van der Waals surface area contributed by atoms with Gasteiger partial charge in [0, 0.05) is 18.8 Å². The van der Waals surface area contributed by atoms with Crippen molar-refractivity contribution in [1.82, 2.24) is 4.90 Å². The summed E-state index contributed by atoms with van der Waals surface area (Å²) in [6.45, 7) is 16.3. The molecule has 0 spiro atoms. The summed E-state index contributed by atoms with van der Waals surface area (Å²) in [6, 6.07) is 9.07. The lowest BCUT2D eigenvalue weighted by Crippen LogP contribution is -2.59. The predicted molar refractivity (Wildman–Crippen MR) is 99.7 cm³/mol. The molecular formula is C20H32N2O2. The predicted octanol–water partition coefficient (Wildman–Crippen LogP) is 4.43. The van der Waals surface area contributed by atoms with Crippen LogP contribution in [0.2, 0.25) is 0 Å². The number of hydrogen-bond acceptors (Lipinski definition) is 3. The van der Waals surface area contributed by atoms with E-state index in [0.29, 0.717) is 0 Å². The van der Waals surface area contributed by atoms with Crippen molar-refractivity contribution < 1.29 is 9.53 Å². The van der Waals surface area contributed by atoms with Gasteiger partial charge in [-0.3, -0.25) is 4.90 Å². The van der Waals surface area contributed by atoms with Gasteiger partial charge in [0.15, 0.2) is 0 Å². The highest BCUT2D eigenvalue weighted by Crippen LogP contribution is 2.27. The molecule has 2 unspecified atom stereocenters. The lowest BCUT2D eigenvalue weighted by atomic mass is 9.87. The van der Waals surface area contributed by atoms with Crippen molar-refractivity contribution in [3.05, 3.63) is 29.8 Å². The minimum Gasteiger partial charge on any atom is -0.447 e. The van der Waals surface area contributed by atoms with Gasteiger partial charge in [-0.15, -0.1) is 0 Å². The molecule has 1 aliphatic heterocycles. The molecule has 0 bridgehead atoms. The lowest BCUT2D eigenvalue weighted by molar-refractivity contribution is 0.0469. The Bertz CT molecular complexity index is 548. The third kappa shape index (κ3) is 4.22. The minimum absolute atomic E-state index is 0.0835. The van der Waals surface area contributed by atoms with Crippen LogP contribution >= 0.6 is 0 Å². The van der Waals surface area contributed by atoms with Crippen LogP contribution in [0.25, 0.3) is 0 Å². The summed E-state index contributed by atoms with van der Waals surface area (Å²) < 4.78 is 5.39. The number of piperazine rings is 1. The largest absolute Gasteiger partial charge is 0.447 e. The molecule has 2 rings (SSSR count). The van der Waals surface area contributed by atoms with Crippen LogP contribution in [0.3, 0.4) is 0 Å². The van der Waals surface area contributed by atoms with Crippen molar-refractivity contribution >= 4 is 11.8 Å². The van der Waals surface area contributed by atoms with Crippen molar-refractivity contribution in [3.8, 4) is 0 Å². The van der Waals surface area contributed by atoms with Gasteiger partial charge in [-0.25, -0.2) is 4.79 Å². The number of benzene rings is 1. The first-order valence-corrected chi connectivity index (χ1v) is 8.94. The molecule has 24 heavy (non-hydrogen) atoms. The molecule has 0 saturated carbocycles. The molecule has 1 aromatic carbocycles. The molecule has 0 aliphatic carbocycles. The molecule has 1 amide bonds. The maximum Gasteiger partial charge on any atom is 0.410 e. The third-order valence-corrected chi connectivity index (χ3v) is 4.56. The standard InChI is InChI=1S/C20H32N2O2/c1-14(2)24-19(23)22-15(3)12-21(13-16(22)4)18-10-8-17(9-11-18)20(5,6)7/h8-11,14-16H,12-13H2,1-7H3. The molecule has 0 aromatic heterocycles. The van der Waals surface area contributed by atoms with E-state index in [2.05, 4.69) is 63.8 Å². The fourth-order valence-corrected chi connectivity index (χ4v) is 3.33. The summed E-state index contributed by atoms with van der Waals surface area (Å²) >= 11 is 0. The van der Waals surface area contributed by atoms with Crippen LogP contribution in [0.15, 0.2) is 24.3 Å². The van der Waals surface area contributed by atoms with Crippen LogP contribution in [0, 0.1) is 0 Å². The summed E-state index contributed by atoms with van der Waals surface area (Å²) in [5, 5.41) is 0. The summed E-state index contributed by atoms with van der Waals surface area (Å²) in [4.78, 5) is 16.5. The number of ether oxygens (including phenoxy) is 1. The number of carbonyl (C=O) groups is 1. The lowest BCUT2D eigenvalue weighted by Gasteiger charge is -2.44. The van der Waals surface area contributed by atoms with Crippen molar-refractivity contribution in [2.45, 2.75) is 72.1 Å². The Morgan fingerprint density at radius 2 is 1.58 bits per heavy atom. The van der Waals surface area contributed by atoms with Gasteiger partial charge in [0.2, 0.25) is 0 Å². The van der Waals surface area contributed by atoms with E-state index in [-0.39, 0.29) is 29.7 Å². The van der Waals surface area contributed by atoms with Crippen molar-refractivity contribution in [2.75, 3.05) is 18.0 Å². The average Bonchev–Trinajstić information content (AvgIpc) is 2.44. The number of carbonyl (C=O) groups excluding carboxylic acids is 1. The van der Waals surface area contributed by atoms with E-state index >= 15 is 0 Å². The molecule has 1 aromatic rings. The second-order valence-corrected chi connectivity index (χ2v) is 8.24. The van der Waals surface area contributed by atoms with Gasteiger partial charge in [-0.1, -0.05) is 32.9 Å². The molecular weight excluding hydrogens is 300 g/mol. The molecule has 134 valence electrons. The highest BCUT2D eigenvalue weighted by molar-refractivity contribution is 5.69. The first-order chi connectivity index (χ1) is 11.1. The van der Waals surface area contributed by atoms with Gasteiger partial charge in [0.05, 0.1) is 18.2 Å². The van der Waals surface area contributed by atoms with Gasteiger partial charge in [0.1, 0.15) is 0 Å². The monoisotopic (exact) mass is 332 g/mol. The van der Waals surface area contributed by atoms with Crippen LogP contribution in [0.4, 0.5) is 10.5 Å². The first-order valence-electron chi connectivity index (χ1n) is 8.94. The summed E-state index contributed by atoms with van der Waals surface area (Å²) in [5.41, 5.74) is 2.73. The SMILES string of the molecule is CC(C)OC(=O)N1C(C)CN(c2ccc(C(C)(C)C)cc2)CC1C. The van der Waals surface area contributed by atoms with E-state index < -0.39 is 0 Å². The van der Waals surface area contributed by atoms with E-state index in [0.717, 1.165) is 13.1 Å². The maximum absolute atomic E-state index is 12.3. The fourth-order valence-electron chi connectivity index (χ4n) is 3.33. The first kappa shape index (κ1) is 18.6. The molecule has 1 aliphatic rings. The smallest absolute Gasteiger partial charge is 0.410 e. The number of amides is 1. The molecule has 1 heterocycles. The van der Waals surface area contributed by atoms with E-state index in [4.69, 9.17) is 4.74 Å². The Hall–Kier alpha value is -1.71. The van der Waals surface area contributed by atoms with Crippen molar-refractivity contribution in [2.24, 2.45) is 0 Å². The zero-order chi connectivity index (χ0) is 18.1. The number of nitrogens with zero attached hydrogens (tertiary/aromatic N) is 2. The average molecular weight is 332 g/mol. The van der Waals surface area contributed by atoms with Gasteiger partial charge < -0.3 is 9.64 Å². The van der Waals surface area contributed by atoms with Crippen molar-refractivity contribution in [1.29, 1.82) is 0 Å². The van der Waals surface area contributed by atoms with E-state index in [9.17, 15) is 4.79 Å². The minimum atomic E-state index is -0.201. The maximum atomic E-state index is 12.3. The van der Waals surface area contributed by atoms with E-state index in [1.807, 2.05) is 18.7 Å². The van der Waals surface area contributed by atoms with E-state index in [1.54, 1.807) is 0 Å². The van der Waals surface area contributed by atoms with Gasteiger partial charge in [0.25, 0.3) is 0 Å². The highest BCUT2D eigenvalue weighted by atomic mass is 16.6. The molecule has 4 nitrogen and oxygen atoms in total. The normalized spacial score (nSPS) is 22.0. The fraction of sp³-hybridized carbons (Fsp3) is 0.650. The topological polar surface area (TPSA) is 32.8 Å². The zero-order valence-corrected chi connectivity index (χ0v) is 16.2. The molecule has 4 heteroatoms. The van der Waals surface area contributed by atoms with Crippen molar-refractivity contribution in [3.63, 3.8) is 0 Å². The van der Waals surface area contributed by atoms with E-state index in [1.165, 1.54) is 11.3 Å². The molecule has 2 atom stereocenters. The van der Waals surface area contributed by atoms with Crippen LogP contribution in [0.1, 0.15) is 54.0 Å². The Morgan fingerprint density at radius 1 is 1.08 bits per heavy atom. The number of rotatable bonds is 2. The van der Waals surface area contributed by atoms with Gasteiger partial charge in [-0.2, -0.15) is 0 Å². The Morgan fingerprint density at radius 3 is 2.00 bits per heavy atom. The van der Waals surface area contributed by atoms with Crippen LogP contribution in [-0.2, 0) is 10.2 Å². The molecule has 1 saturated heterocycles. The van der Waals surface area contributed by atoms with Gasteiger partial charge >= 0.3 is 6.09 Å². The summed E-state index contributed by atoms with van der Waals surface area (Å²) in [7, 11) is 0. The van der Waals surface area contributed by atoms with Gasteiger partial charge in [-0.05, 0) is 50.8 Å². The Kier molecular flexibility index (Phi) is 5.46. The molecule has 0 N–H and O–H groups in total. The number of anilines is 1. The summed E-state index contributed by atoms with van der Waals surface area (Å²) in [5.74, 6) is 0. The summed E-state index contributed by atoms with van der Waals surface area (Å²) in [6.07, 6.45) is -0.285. The zero-order valence-electron chi connectivity index (χ0n) is 16.2. The quantitative estimate of drug-likeness (QED) is 0.803. The van der Waals surface area contributed by atoms with Crippen LogP contribution in [-0.4, -0.2) is 42.3 Å². The molecule has 1 fully saturated rings. The Balaban J connectivity index is 2.09. The second-order valence-electron chi connectivity index (χ2n) is 8.24. The van der Waals surface area contributed by atoms with Crippen LogP contribution < -0.4 is 4.90 Å². The number of hydrogen-bond donors (Lipinski definition) is 0. The third-order valence-electron chi connectivity index (χ3n) is 4.56. The molecule has 0 radical (unpaired) electrons. The Labute approximate surface area is 146 Å². The van der Waals surface area contributed by atoms with Crippen LogP contribution in [0.5, 0.6) is 0 Å². The second kappa shape index (κ2) is 7.04. The highest BCUT2D eigenvalue weighted by Gasteiger charge is 2.34.